The van der Waals surface area contributed by atoms with Gasteiger partial charge in [-0.05, 0) is 62.2 Å². The molecule has 0 unspecified atom stereocenters. The fourth-order valence-electron chi connectivity index (χ4n) is 3.10. The molecule has 0 aliphatic heterocycles. The molecule has 0 atom stereocenters. The number of hydrogen-bond donors (Lipinski definition) is 1. The predicted octanol–water partition coefficient (Wildman–Crippen LogP) is 4.61. The third-order valence-electron chi connectivity index (χ3n) is 4.77. The summed E-state index contributed by atoms with van der Waals surface area (Å²) in [5, 5.41) is 7.96. The van der Waals surface area contributed by atoms with Gasteiger partial charge in [0.05, 0.1) is 5.69 Å². The molecule has 0 radical (unpaired) electrons. The van der Waals surface area contributed by atoms with Gasteiger partial charge in [0.2, 0.25) is 0 Å². The van der Waals surface area contributed by atoms with Gasteiger partial charge in [-0.15, -0.1) is 0 Å². The van der Waals surface area contributed by atoms with Crippen molar-refractivity contribution >= 4 is 23.2 Å². The number of hydrogen-bond acceptors (Lipinski definition) is 3. The standard InChI is InChI=1S/C22H24ClN3O2/c1-14-11-18(23)7-10-21(14)28-13-22(27)24-19-8-5-17(6-9-19)12-20-15(2)25-26(4)16(20)3/h5-11H,12-13H2,1-4H3,(H,24,27). The lowest BCUT2D eigenvalue weighted by Crippen LogP contribution is -2.20. The van der Waals surface area contributed by atoms with Crippen molar-refractivity contribution in [2.75, 3.05) is 11.9 Å². The summed E-state index contributed by atoms with van der Waals surface area (Å²) in [6.07, 6.45) is 0.818. The summed E-state index contributed by atoms with van der Waals surface area (Å²) in [4.78, 5) is 12.2. The molecular weight excluding hydrogens is 374 g/mol. The van der Waals surface area contributed by atoms with Gasteiger partial charge in [-0.3, -0.25) is 9.48 Å². The molecule has 0 saturated heterocycles. The molecule has 6 heteroatoms. The Labute approximate surface area is 170 Å². The van der Waals surface area contributed by atoms with E-state index < -0.39 is 0 Å². The second-order valence-corrected chi connectivity index (χ2v) is 7.33. The van der Waals surface area contributed by atoms with E-state index in [9.17, 15) is 4.79 Å². The number of rotatable bonds is 6. The summed E-state index contributed by atoms with van der Waals surface area (Å²) in [5.74, 6) is 0.443. The minimum absolute atomic E-state index is 0.0572. The van der Waals surface area contributed by atoms with Crippen molar-refractivity contribution in [2.24, 2.45) is 7.05 Å². The van der Waals surface area contributed by atoms with Crippen molar-refractivity contribution in [2.45, 2.75) is 27.2 Å². The first-order valence-corrected chi connectivity index (χ1v) is 9.48. The van der Waals surface area contributed by atoms with Gasteiger partial charge in [0.15, 0.2) is 6.61 Å². The SMILES string of the molecule is Cc1cc(Cl)ccc1OCC(=O)Nc1ccc(Cc2c(C)nn(C)c2C)cc1. The molecule has 0 spiro atoms. The van der Waals surface area contributed by atoms with Gasteiger partial charge in [0, 0.05) is 35.4 Å². The van der Waals surface area contributed by atoms with Crippen molar-refractivity contribution < 1.29 is 9.53 Å². The summed E-state index contributed by atoms with van der Waals surface area (Å²) in [5.41, 5.74) is 6.27. The first-order chi connectivity index (χ1) is 13.3. The molecule has 0 aliphatic carbocycles. The summed E-state index contributed by atoms with van der Waals surface area (Å²) in [6, 6.07) is 13.2. The highest BCUT2D eigenvalue weighted by Crippen LogP contribution is 2.22. The van der Waals surface area contributed by atoms with Crippen LogP contribution in [0.3, 0.4) is 0 Å². The Morgan fingerprint density at radius 2 is 1.86 bits per heavy atom. The van der Waals surface area contributed by atoms with Gasteiger partial charge in [0.25, 0.3) is 5.91 Å². The number of anilines is 1. The lowest BCUT2D eigenvalue weighted by Gasteiger charge is -2.10. The Bertz CT molecular complexity index is 994. The Balaban J connectivity index is 1.57. The van der Waals surface area contributed by atoms with E-state index in [1.54, 1.807) is 18.2 Å². The van der Waals surface area contributed by atoms with Gasteiger partial charge in [0.1, 0.15) is 5.75 Å². The topological polar surface area (TPSA) is 56.1 Å². The van der Waals surface area contributed by atoms with Crippen LogP contribution in [0.4, 0.5) is 5.69 Å². The third kappa shape index (κ3) is 4.73. The predicted molar refractivity (Wildman–Crippen MR) is 112 cm³/mol. The fourth-order valence-corrected chi connectivity index (χ4v) is 3.33. The van der Waals surface area contributed by atoms with Gasteiger partial charge in [-0.1, -0.05) is 23.7 Å². The van der Waals surface area contributed by atoms with Gasteiger partial charge < -0.3 is 10.1 Å². The summed E-state index contributed by atoms with van der Waals surface area (Å²) in [7, 11) is 1.96. The minimum atomic E-state index is -0.207. The fraction of sp³-hybridized carbons (Fsp3) is 0.273. The van der Waals surface area contributed by atoms with Crippen molar-refractivity contribution in [3.05, 3.63) is 75.6 Å². The van der Waals surface area contributed by atoms with E-state index >= 15 is 0 Å². The van der Waals surface area contributed by atoms with Crippen molar-refractivity contribution in [3.8, 4) is 5.75 Å². The summed E-state index contributed by atoms with van der Waals surface area (Å²) >= 11 is 5.93. The molecule has 146 valence electrons. The molecule has 0 aliphatic rings. The molecule has 3 rings (SSSR count). The molecule has 0 saturated carbocycles. The monoisotopic (exact) mass is 397 g/mol. The second kappa shape index (κ2) is 8.48. The van der Waals surface area contributed by atoms with Crippen LogP contribution in [0.2, 0.25) is 5.02 Å². The Morgan fingerprint density at radius 3 is 2.46 bits per heavy atom. The Morgan fingerprint density at radius 1 is 1.14 bits per heavy atom. The van der Waals surface area contributed by atoms with Crippen LogP contribution in [0, 0.1) is 20.8 Å². The molecular formula is C22H24ClN3O2. The number of aromatic nitrogens is 2. The van der Waals surface area contributed by atoms with Crippen molar-refractivity contribution in [1.82, 2.24) is 9.78 Å². The maximum Gasteiger partial charge on any atom is 0.262 e. The van der Waals surface area contributed by atoms with Crippen LogP contribution in [-0.2, 0) is 18.3 Å². The quantitative estimate of drug-likeness (QED) is 0.661. The molecule has 2 aromatic carbocycles. The molecule has 0 bridgehead atoms. The smallest absolute Gasteiger partial charge is 0.262 e. The molecule has 1 heterocycles. The number of carbonyl (C=O) groups is 1. The highest BCUT2D eigenvalue weighted by atomic mass is 35.5. The number of nitrogens with one attached hydrogen (secondary N) is 1. The lowest BCUT2D eigenvalue weighted by atomic mass is 10.0. The first kappa shape index (κ1) is 20.0. The normalized spacial score (nSPS) is 10.8. The number of aryl methyl sites for hydroxylation is 3. The minimum Gasteiger partial charge on any atom is -0.483 e. The van der Waals surface area contributed by atoms with Gasteiger partial charge in [-0.25, -0.2) is 0 Å². The summed E-state index contributed by atoms with van der Waals surface area (Å²) in [6.45, 7) is 5.94. The molecule has 0 fully saturated rings. The van der Waals surface area contributed by atoms with Crippen LogP contribution in [-0.4, -0.2) is 22.3 Å². The van der Waals surface area contributed by atoms with E-state index in [1.807, 2.05) is 49.8 Å². The van der Waals surface area contributed by atoms with Crippen LogP contribution in [0.25, 0.3) is 0 Å². The van der Waals surface area contributed by atoms with E-state index in [2.05, 4.69) is 17.3 Å². The van der Waals surface area contributed by atoms with Crippen molar-refractivity contribution in [1.29, 1.82) is 0 Å². The average molecular weight is 398 g/mol. The number of carbonyl (C=O) groups excluding carboxylic acids is 1. The molecule has 1 N–H and O–H groups in total. The average Bonchev–Trinajstić information content (AvgIpc) is 2.88. The number of ether oxygens (including phenoxy) is 1. The zero-order valence-electron chi connectivity index (χ0n) is 16.5. The van der Waals surface area contributed by atoms with Crippen LogP contribution >= 0.6 is 11.6 Å². The summed E-state index contributed by atoms with van der Waals surface area (Å²) < 4.78 is 7.48. The number of halogens is 1. The van der Waals surface area contributed by atoms with E-state index in [0.717, 1.165) is 23.4 Å². The van der Waals surface area contributed by atoms with E-state index in [4.69, 9.17) is 16.3 Å². The molecule has 3 aromatic rings. The largest absolute Gasteiger partial charge is 0.483 e. The third-order valence-corrected chi connectivity index (χ3v) is 5.01. The van der Waals surface area contributed by atoms with Crippen LogP contribution in [0.5, 0.6) is 5.75 Å². The highest BCUT2D eigenvalue weighted by Gasteiger charge is 2.10. The number of benzene rings is 2. The molecule has 5 nitrogen and oxygen atoms in total. The van der Waals surface area contributed by atoms with Crippen LogP contribution in [0.15, 0.2) is 42.5 Å². The molecule has 28 heavy (non-hydrogen) atoms. The van der Waals surface area contributed by atoms with Crippen molar-refractivity contribution in [3.63, 3.8) is 0 Å². The number of nitrogens with zero attached hydrogens (tertiary/aromatic N) is 2. The maximum absolute atomic E-state index is 12.2. The van der Waals surface area contributed by atoms with E-state index in [0.29, 0.717) is 10.8 Å². The zero-order valence-corrected chi connectivity index (χ0v) is 17.3. The van der Waals surface area contributed by atoms with Gasteiger partial charge in [-0.2, -0.15) is 5.10 Å². The Hall–Kier alpha value is -2.79. The maximum atomic E-state index is 12.2. The van der Waals surface area contributed by atoms with E-state index in [-0.39, 0.29) is 12.5 Å². The van der Waals surface area contributed by atoms with Gasteiger partial charge >= 0.3 is 0 Å². The van der Waals surface area contributed by atoms with E-state index in [1.165, 1.54) is 16.8 Å². The van der Waals surface area contributed by atoms with Crippen LogP contribution in [0.1, 0.15) is 28.1 Å². The lowest BCUT2D eigenvalue weighted by molar-refractivity contribution is -0.118. The van der Waals surface area contributed by atoms with Crippen LogP contribution < -0.4 is 10.1 Å². The zero-order chi connectivity index (χ0) is 20.3. The number of amides is 1. The highest BCUT2D eigenvalue weighted by molar-refractivity contribution is 6.30. The molecule has 1 amide bonds. The first-order valence-electron chi connectivity index (χ1n) is 9.10. The second-order valence-electron chi connectivity index (χ2n) is 6.89. The molecule has 1 aromatic heterocycles. The Kier molecular flexibility index (Phi) is 6.05.